The maximum absolute atomic E-state index is 12.6. The SMILES string of the molecule is O=C(NCc1cnn2ccccc12)NC(c1ccccc1)c1ccccc1. The number of rotatable bonds is 5. The van der Waals surface area contributed by atoms with Gasteiger partial charge in [0, 0.05) is 18.3 Å². The predicted octanol–water partition coefficient (Wildman–Crippen LogP) is 3.92. The van der Waals surface area contributed by atoms with Crippen LogP contribution in [0.15, 0.2) is 91.3 Å². The second-order valence-corrected chi connectivity index (χ2v) is 6.28. The van der Waals surface area contributed by atoms with Crippen molar-refractivity contribution in [2.45, 2.75) is 12.6 Å². The highest BCUT2D eigenvalue weighted by Gasteiger charge is 2.16. The van der Waals surface area contributed by atoms with E-state index >= 15 is 0 Å². The van der Waals surface area contributed by atoms with E-state index in [1.165, 1.54) is 0 Å². The van der Waals surface area contributed by atoms with E-state index in [9.17, 15) is 4.79 Å². The van der Waals surface area contributed by atoms with Crippen molar-refractivity contribution in [3.63, 3.8) is 0 Å². The molecule has 27 heavy (non-hydrogen) atoms. The fourth-order valence-electron chi connectivity index (χ4n) is 3.13. The number of benzene rings is 2. The Morgan fingerprint density at radius 1 is 0.889 bits per heavy atom. The Kier molecular flexibility index (Phi) is 4.83. The van der Waals surface area contributed by atoms with Crippen molar-refractivity contribution in [3.05, 3.63) is 108 Å². The van der Waals surface area contributed by atoms with Gasteiger partial charge in [0.25, 0.3) is 0 Å². The Bertz CT molecular complexity index is 988. The molecule has 0 unspecified atom stereocenters. The number of fused-ring (bicyclic) bond motifs is 1. The zero-order chi connectivity index (χ0) is 18.5. The maximum Gasteiger partial charge on any atom is 0.315 e. The third-order valence-corrected chi connectivity index (χ3v) is 4.49. The lowest BCUT2D eigenvalue weighted by Gasteiger charge is -2.20. The highest BCUT2D eigenvalue weighted by Crippen LogP contribution is 2.21. The first-order valence-electron chi connectivity index (χ1n) is 8.87. The van der Waals surface area contributed by atoms with Crippen molar-refractivity contribution >= 4 is 11.5 Å². The van der Waals surface area contributed by atoms with E-state index in [0.717, 1.165) is 22.2 Å². The molecule has 0 aliphatic carbocycles. The molecule has 0 fully saturated rings. The molecule has 2 amide bonds. The number of amides is 2. The van der Waals surface area contributed by atoms with Crippen molar-refractivity contribution in [3.8, 4) is 0 Å². The summed E-state index contributed by atoms with van der Waals surface area (Å²) in [6.45, 7) is 0.412. The van der Waals surface area contributed by atoms with Crippen molar-refractivity contribution in [2.75, 3.05) is 0 Å². The zero-order valence-corrected chi connectivity index (χ0v) is 14.7. The molecule has 2 aromatic heterocycles. The molecule has 0 atom stereocenters. The van der Waals surface area contributed by atoms with Crippen molar-refractivity contribution in [1.29, 1.82) is 0 Å². The minimum atomic E-state index is -0.219. The van der Waals surface area contributed by atoms with E-state index in [2.05, 4.69) is 15.7 Å². The number of pyridine rings is 1. The van der Waals surface area contributed by atoms with Gasteiger partial charge in [-0.1, -0.05) is 66.7 Å². The molecule has 2 aromatic carbocycles. The molecule has 4 aromatic rings. The van der Waals surface area contributed by atoms with Crippen LogP contribution in [-0.4, -0.2) is 15.6 Å². The summed E-state index contributed by atoms with van der Waals surface area (Å²) in [6.07, 6.45) is 3.67. The summed E-state index contributed by atoms with van der Waals surface area (Å²) in [7, 11) is 0. The highest BCUT2D eigenvalue weighted by atomic mass is 16.2. The third kappa shape index (κ3) is 3.82. The van der Waals surface area contributed by atoms with Crippen LogP contribution in [0, 0.1) is 0 Å². The van der Waals surface area contributed by atoms with Crippen LogP contribution in [0.25, 0.3) is 5.52 Å². The fourth-order valence-corrected chi connectivity index (χ4v) is 3.13. The van der Waals surface area contributed by atoms with E-state index in [1.54, 1.807) is 10.7 Å². The summed E-state index contributed by atoms with van der Waals surface area (Å²) in [5.41, 5.74) is 4.03. The Hall–Kier alpha value is -3.60. The maximum atomic E-state index is 12.6. The summed E-state index contributed by atoms with van der Waals surface area (Å²) < 4.78 is 1.80. The van der Waals surface area contributed by atoms with Crippen LogP contribution in [0.3, 0.4) is 0 Å². The van der Waals surface area contributed by atoms with Gasteiger partial charge >= 0.3 is 6.03 Å². The molecule has 2 heterocycles. The van der Waals surface area contributed by atoms with E-state index in [-0.39, 0.29) is 12.1 Å². The van der Waals surface area contributed by atoms with Crippen molar-refractivity contribution in [1.82, 2.24) is 20.2 Å². The summed E-state index contributed by atoms with van der Waals surface area (Å²) in [5.74, 6) is 0. The topological polar surface area (TPSA) is 58.4 Å². The molecular weight excluding hydrogens is 336 g/mol. The lowest BCUT2D eigenvalue weighted by molar-refractivity contribution is 0.238. The fraction of sp³-hybridized carbons (Fsp3) is 0.0909. The number of aromatic nitrogens is 2. The Balaban J connectivity index is 1.49. The van der Waals surface area contributed by atoms with Gasteiger partial charge in [-0.2, -0.15) is 5.10 Å². The average Bonchev–Trinajstić information content (AvgIpc) is 3.15. The van der Waals surface area contributed by atoms with Gasteiger partial charge in [0.1, 0.15) is 0 Å². The number of nitrogens with one attached hydrogen (secondary N) is 2. The van der Waals surface area contributed by atoms with Crippen LogP contribution in [0.1, 0.15) is 22.7 Å². The largest absolute Gasteiger partial charge is 0.334 e. The minimum Gasteiger partial charge on any atom is -0.334 e. The van der Waals surface area contributed by atoms with Crippen molar-refractivity contribution in [2.24, 2.45) is 0 Å². The van der Waals surface area contributed by atoms with Gasteiger partial charge in [0.15, 0.2) is 0 Å². The Morgan fingerprint density at radius 2 is 1.52 bits per heavy atom. The number of hydrogen-bond donors (Lipinski definition) is 2. The first-order chi connectivity index (χ1) is 13.3. The van der Waals surface area contributed by atoms with Gasteiger partial charge in [0.2, 0.25) is 0 Å². The van der Waals surface area contributed by atoms with Gasteiger partial charge in [-0.05, 0) is 23.3 Å². The summed E-state index contributed by atoms with van der Waals surface area (Å²) in [5, 5.41) is 10.3. The molecule has 0 aliphatic rings. The molecule has 5 nitrogen and oxygen atoms in total. The first kappa shape index (κ1) is 16.8. The first-order valence-corrected chi connectivity index (χ1v) is 8.87. The number of carbonyl (C=O) groups excluding carboxylic acids is 1. The lowest BCUT2D eigenvalue weighted by atomic mass is 9.99. The van der Waals surface area contributed by atoms with Crippen LogP contribution < -0.4 is 10.6 Å². The van der Waals surface area contributed by atoms with Gasteiger partial charge in [0.05, 0.1) is 17.8 Å². The van der Waals surface area contributed by atoms with Gasteiger partial charge in [-0.3, -0.25) is 0 Å². The average molecular weight is 356 g/mol. The third-order valence-electron chi connectivity index (χ3n) is 4.49. The van der Waals surface area contributed by atoms with E-state index in [0.29, 0.717) is 6.54 Å². The second-order valence-electron chi connectivity index (χ2n) is 6.28. The summed E-state index contributed by atoms with van der Waals surface area (Å²) >= 11 is 0. The quantitative estimate of drug-likeness (QED) is 0.569. The lowest BCUT2D eigenvalue weighted by Crippen LogP contribution is -2.38. The molecule has 5 heteroatoms. The molecule has 0 radical (unpaired) electrons. The van der Waals surface area contributed by atoms with Crippen LogP contribution >= 0.6 is 0 Å². The molecular formula is C22H20N4O. The van der Waals surface area contributed by atoms with E-state index in [1.807, 2.05) is 85.1 Å². The number of nitrogens with zero attached hydrogens (tertiary/aromatic N) is 2. The number of urea groups is 1. The van der Waals surface area contributed by atoms with Crippen molar-refractivity contribution < 1.29 is 4.79 Å². The van der Waals surface area contributed by atoms with E-state index in [4.69, 9.17) is 0 Å². The smallest absolute Gasteiger partial charge is 0.315 e. The molecule has 0 saturated heterocycles. The second kappa shape index (κ2) is 7.74. The number of carbonyl (C=O) groups is 1. The van der Waals surface area contributed by atoms with Crippen LogP contribution in [0.4, 0.5) is 4.79 Å². The standard InChI is InChI=1S/C22H20N4O/c27-22(23-15-19-16-24-26-14-8-7-13-20(19)26)25-21(17-9-3-1-4-10-17)18-11-5-2-6-12-18/h1-14,16,21H,15H2,(H2,23,25,27). The monoisotopic (exact) mass is 356 g/mol. The Morgan fingerprint density at radius 3 is 2.19 bits per heavy atom. The molecule has 0 bridgehead atoms. The van der Waals surface area contributed by atoms with Gasteiger partial charge in [-0.15, -0.1) is 0 Å². The predicted molar refractivity (Wildman–Crippen MR) is 105 cm³/mol. The van der Waals surface area contributed by atoms with E-state index < -0.39 is 0 Å². The summed E-state index contributed by atoms with van der Waals surface area (Å²) in [6, 6.07) is 25.3. The molecule has 2 N–H and O–H groups in total. The Labute approximate surface area is 157 Å². The molecule has 0 spiro atoms. The molecule has 0 aliphatic heterocycles. The molecule has 0 saturated carbocycles. The van der Waals surface area contributed by atoms with Crippen LogP contribution in [-0.2, 0) is 6.54 Å². The molecule has 134 valence electrons. The van der Waals surface area contributed by atoms with Crippen LogP contribution in [0.2, 0.25) is 0 Å². The summed E-state index contributed by atoms with van der Waals surface area (Å²) in [4.78, 5) is 12.6. The number of hydrogen-bond acceptors (Lipinski definition) is 2. The minimum absolute atomic E-state index is 0.212. The van der Waals surface area contributed by atoms with Gasteiger partial charge < -0.3 is 10.6 Å². The zero-order valence-electron chi connectivity index (χ0n) is 14.7. The normalized spacial score (nSPS) is 10.9. The molecule has 4 rings (SSSR count). The van der Waals surface area contributed by atoms with Gasteiger partial charge in [-0.25, -0.2) is 9.31 Å². The van der Waals surface area contributed by atoms with Crippen LogP contribution in [0.5, 0.6) is 0 Å². The highest BCUT2D eigenvalue weighted by molar-refractivity contribution is 5.75.